The molecule has 2 heterocycles. The number of hydrogen-bond acceptors (Lipinski definition) is 3. The van der Waals surface area contributed by atoms with Crippen molar-refractivity contribution in [1.82, 2.24) is 9.96 Å². The van der Waals surface area contributed by atoms with E-state index < -0.39 is 0 Å². The normalized spacial score (nSPS) is 27.2. The van der Waals surface area contributed by atoms with Crippen LogP contribution in [0.15, 0.2) is 42.7 Å². The second-order valence-corrected chi connectivity index (χ2v) is 6.08. The molecule has 0 radical (unpaired) electrons. The highest BCUT2D eigenvalue weighted by Gasteiger charge is 2.58. The van der Waals surface area contributed by atoms with Gasteiger partial charge in [-0.2, -0.15) is 0 Å². The monoisotopic (exact) mass is 256 g/mol. The van der Waals surface area contributed by atoms with Crippen molar-refractivity contribution in [3.63, 3.8) is 0 Å². The Morgan fingerprint density at radius 3 is 2.74 bits per heavy atom. The molecule has 1 spiro atoms. The molecule has 3 fully saturated rings. The van der Waals surface area contributed by atoms with Crippen LogP contribution >= 0.6 is 0 Å². The molecular weight excluding hydrogens is 236 g/mol. The molecule has 3 aliphatic rings. The molecule has 1 aromatic rings. The molecule has 3 heteroatoms. The Bertz CT molecular complexity index is 495. The van der Waals surface area contributed by atoms with Crippen molar-refractivity contribution in [2.24, 2.45) is 5.41 Å². The van der Waals surface area contributed by atoms with Gasteiger partial charge in [0.25, 0.3) is 0 Å². The number of rotatable bonds is 3. The third kappa shape index (κ3) is 1.76. The third-order valence-corrected chi connectivity index (χ3v) is 4.99. The smallest absolute Gasteiger partial charge is 0.122 e. The van der Waals surface area contributed by atoms with Crippen LogP contribution in [0.5, 0.6) is 0 Å². The van der Waals surface area contributed by atoms with Crippen molar-refractivity contribution in [2.45, 2.75) is 31.9 Å². The van der Waals surface area contributed by atoms with E-state index >= 15 is 0 Å². The lowest BCUT2D eigenvalue weighted by molar-refractivity contribution is -0.168. The van der Waals surface area contributed by atoms with Crippen LogP contribution in [0.25, 0.3) is 0 Å². The first-order valence-corrected chi connectivity index (χ1v) is 7.18. The Kier molecular flexibility index (Phi) is 2.39. The number of nitrogens with zero attached hydrogens (tertiary/aromatic N) is 2. The summed E-state index contributed by atoms with van der Waals surface area (Å²) in [5, 5.41) is 2.10. The fourth-order valence-electron chi connectivity index (χ4n) is 3.52. The van der Waals surface area contributed by atoms with Gasteiger partial charge in [0.1, 0.15) is 5.82 Å². The molecule has 1 aliphatic carbocycles. The number of fused-ring (bicyclic) bond motifs is 3. The first-order chi connectivity index (χ1) is 9.28. The Balaban J connectivity index is 1.49. The van der Waals surface area contributed by atoms with Gasteiger partial charge in [0.05, 0.1) is 12.6 Å². The second-order valence-electron chi connectivity index (χ2n) is 6.08. The molecule has 2 bridgehead atoms. The number of piperidine rings is 1. The minimum absolute atomic E-state index is 0.525. The van der Waals surface area contributed by atoms with E-state index in [1.54, 1.807) is 0 Å². The average Bonchev–Trinajstić information content (AvgIpc) is 3.17. The molecule has 3 nitrogen and oxygen atoms in total. The van der Waals surface area contributed by atoms with Crippen LogP contribution in [0.1, 0.15) is 24.8 Å². The molecule has 1 aromatic carbocycles. The molecular formula is C16H20N2O. The Hall–Kier alpha value is -1.48. The van der Waals surface area contributed by atoms with Crippen molar-refractivity contribution in [3.05, 3.63) is 48.3 Å². The number of benzene rings is 1. The van der Waals surface area contributed by atoms with Crippen LogP contribution in [0, 0.1) is 5.41 Å². The van der Waals surface area contributed by atoms with Gasteiger partial charge in [-0.1, -0.05) is 36.9 Å². The van der Waals surface area contributed by atoms with Crippen LogP contribution in [0.4, 0.5) is 0 Å². The van der Waals surface area contributed by atoms with Gasteiger partial charge in [-0.15, -0.1) is 0 Å². The van der Waals surface area contributed by atoms with Gasteiger partial charge in [-0.25, -0.2) is 5.06 Å². The number of hydrogen-bond donors (Lipinski definition) is 0. The van der Waals surface area contributed by atoms with E-state index in [1.807, 2.05) is 6.07 Å². The predicted molar refractivity (Wildman–Crippen MR) is 73.9 cm³/mol. The molecule has 19 heavy (non-hydrogen) atoms. The standard InChI is InChI=1S/C16H20N2O/c1-13-17-10-9-16(7-8-16)15(11-17)18(13)19-12-14-5-3-2-4-6-14/h2-6,15H,1,7-12H2. The second kappa shape index (κ2) is 4.01. The summed E-state index contributed by atoms with van der Waals surface area (Å²) in [7, 11) is 0. The highest BCUT2D eigenvalue weighted by atomic mass is 16.7. The lowest BCUT2D eigenvalue weighted by atomic mass is 9.90. The summed E-state index contributed by atoms with van der Waals surface area (Å²) in [5.41, 5.74) is 1.75. The Labute approximate surface area is 114 Å². The van der Waals surface area contributed by atoms with E-state index in [-0.39, 0.29) is 0 Å². The zero-order chi connectivity index (χ0) is 12.9. The van der Waals surface area contributed by atoms with Gasteiger partial charge < -0.3 is 4.90 Å². The maximum atomic E-state index is 6.08. The zero-order valence-corrected chi connectivity index (χ0v) is 11.2. The minimum Gasteiger partial charge on any atom is -0.355 e. The maximum absolute atomic E-state index is 6.08. The van der Waals surface area contributed by atoms with Crippen molar-refractivity contribution < 1.29 is 4.84 Å². The van der Waals surface area contributed by atoms with Gasteiger partial charge in [-0.05, 0) is 30.2 Å². The van der Waals surface area contributed by atoms with Gasteiger partial charge in [-0.3, -0.25) is 4.84 Å². The molecule has 0 aromatic heterocycles. The van der Waals surface area contributed by atoms with Gasteiger partial charge >= 0.3 is 0 Å². The summed E-state index contributed by atoms with van der Waals surface area (Å²) >= 11 is 0. The molecule has 2 aliphatic heterocycles. The Morgan fingerprint density at radius 2 is 2.00 bits per heavy atom. The van der Waals surface area contributed by atoms with E-state index in [0.29, 0.717) is 18.1 Å². The first-order valence-electron chi connectivity index (χ1n) is 7.18. The van der Waals surface area contributed by atoms with E-state index in [2.05, 4.69) is 40.8 Å². The molecule has 0 N–H and O–H groups in total. The molecule has 4 rings (SSSR count). The minimum atomic E-state index is 0.525. The zero-order valence-electron chi connectivity index (χ0n) is 11.2. The van der Waals surface area contributed by atoms with Crippen molar-refractivity contribution in [2.75, 3.05) is 13.1 Å². The maximum Gasteiger partial charge on any atom is 0.122 e. The van der Waals surface area contributed by atoms with Gasteiger partial charge in [0, 0.05) is 13.1 Å². The average molecular weight is 256 g/mol. The fourth-order valence-corrected chi connectivity index (χ4v) is 3.52. The number of hydroxylamine groups is 2. The summed E-state index contributed by atoms with van der Waals surface area (Å²) in [6.07, 6.45) is 4.04. The lowest BCUT2D eigenvalue weighted by Crippen LogP contribution is -2.41. The summed E-state index contributed by atoms with van der Waals surface area (Å²) in [6.45, 7) is 7.11. The van der Waals surface area contributed by atoms with Crippen LogP contribution in [0.2, 0.25) is 0 Å². The molecule has 2 saturated heterocycles. The molecule has 100 valence electrons. The van der Waals surface area contributed by atoms with E-state index in [1.165, 1.54) is 24.8 Å². The first kappa shape index (κ1) is 11.4. The molecule has 1 atom stereocenters. The van der Waals surface area contributed by atoms with Gasteiger partial charge in [0.2, 0.25) is 0 Å². The molecule has 0 amide bonds. The molecule has 1 saturated carbocycles. The largest absolute Gasteiger partial charge is 0.355 e. The predicted octanol–water partition coefficient (Wildman–Crippen LogP) is 2.76. The Morgan fingerprint density at radius 1 is 1.21 bits per heavy atom. The van der Waals surface area contributed by atoms with Crippen LogP contribution in [0.3, 0.4) is 0 Å². The quantitative estimate of drug-likeness (QED) is 0.827. The molecule has 1 unspecified atom stereocenters. The van der Waals surface area contributed by atoms with Gasteiger partial charge in [0.15, 0.2) is 0 Å². The summed E-state index contributed by atoms with van der Waals surface area (Å²) < 4.78 is 0. The van der Waals surface area contributed by atoms with Crippen LogP contribution in [-0.2, 0) is 11.4 Å². The summed E-state index contributed by atoms with van der Waals surface area (Å²) in [5.74, 6) is 1.06. The lowest BCUT2D eigenvalue weighted by Gasteiger charge is -2.32. The summed E-state index contributed by atoms with van der Waals surface area (Å²) in [4.78, 5) is 8.46. The van der Waals surface area contributed by atoms with Crippen LogP contribution in [-0.4, -0.2) is 29.1 Å². The van der Waals surface area contributed by atoms with Crippen LogP contribution < -0.4 is 0 Å². The van der Waals surface area contributed by atoms with E-state index in [9.17, 15) is 0 Å². The summed E-state index contributed by atoms with van der Waals surface area (Å²) in [6, 6.07) is 10.9. The van der Waals surface area contributed by atoms with Crippen molar-refractivity contribution in [1.29, 1.82) is 0 Å². The highest BCUT2D eigenvalue weighted by Crippen LogP contribution is 2.58. The SMILES string of the molecule is C=C1N2CCC3(CC3)C(C2)N1OCc1ccccc1. The van der Waals surface area contributed by atoms with E-state index in [4.69, 9.17) is 4.84 Å². The topological polar surface area (TPSA) is 15.7 Å². The van der Waals surface area contributed by atoms with Crippen molar-refractivity contribution in [3.8, 4) is 0 Å². The van der Waals surface area contributed by atoms with E-state index in [0.717, 1.165) is 18.9 Å². The third-order valence-electron chi connectivity index (χ3n) is 4.99. The van der Waals surface area contributed by atoms with Crippen molar-refractivity contribution >= 4 is 0 Å². The highest BCUT2D eigenvalue weighted by molar-refractivity contribution is 5.17. The fraction of sp³-hybridized carbons (Fsp3) is 0.500.